The number of likely N-dealkylation sites (tertiary alicyclic amines) is 1. The standard InChI is InChI=1S/C7H13N3O3/c1-7(5(12)13)4(11)2-3-10(7)6(8)9/h4,11H,2-3H2,1H3,(H3,8,9)(H,12,13)/t4?,7-/m1/s1. The van der Waals surface area contributed by atoms with Crippen LogP contribution in [0.1, 0.15) is 13.3 Å². The fourth-order valence-electron chi connectivity index (χ4n) is 1.57. The molecular weight excluding hydrogens is 174 g/mol. The van der Waals surface area contributed by atoms with Gasteiger partial charge in [0.25, 0.3) is 0 Å². The van der Waals surface area contributed by atoms with Crippen molar-refractivity contribution >= 4 is 11.9 Å². The van der Waals surface area contributed by atoms with Crippen LogP contribution in [-0.4, -0.2) is 45.2 Å². The van der Waals surface area contributed by atoms with E-state index in [1.165, 1.54) is 11.8 Å². The van der Waals surface area contributed by atoms with E-state index in [1.54, 1.807) is 0 Å². The molecule has 1 fully saturated rings. The molecule has 1 rings (SSSR count). The lowest BCUT2D eigenvalue weighted by molar-refractivity contribution is -0.151. The molecule has 0 bridgehead atoms. The normalized spacial score (nSPS) is 33.4. The molecule has 1 aliphatic rings. The molecule has 0 amide bonds. The van der Waals surface area contributed by atoms with Crippen molar-refractivity contribution in [2.24, 2.45) is 5.73 Å². The lowest BCUT2D eigenvalue weighted by Crippen LogP contribution is -2.57. The van der Waals surface area contributed by atoms with Gasteiger partial charge in [0.1, 0.15) is 0 Å². The van der Waals surface area contributed by atoms with E-state index in [4.69, 9.17) is 16.2 Å². The van der Waals surface area contributed by atoms with Crippen LogP contribution in [0, 0.1) is 5.41 Å². The van der Waals surface area contributed by atoms with E-state index < -0.39 is 17.6 Å². The molecule has 0 spiro atoms. The van der Waals surface area contributed by atoms with Crippen molar-refractivity contribution in [2.45, 2.75) is 25.0 Å². The molecule has 6 nitrogen and oxygen atoms in total. The molecule has 0 saturated carbocycles. The molecular formula is C7H13N3O3. The van der Waals surface area contributed by atoms with Crippen molar-refractivity contribution in [3.05, 3.63) is 0 Å². The van der Waals surface area contributed by atoms with Crippen molar-refractivity contribution in [2.75, 3.05) is 6.54 Å². The Kier molecular flexibility index (Phi) is 2.17. The van der Waals surface area contributed by atoms with E-state index in [0.717, 1.165) is 0 Å². The third kappa shape index (κ3) is 1.23. The van der Waals surface area contributed by atoms with Gasteiger partial charge in [0.15, 0.2) is 11.5 Å². The number of aliphatic hydroxyl groups is 1. The van der Waals surface area contributed by atoms with Gasteiger partial charge >= 0.3 is 5.97 Å². The Labute approximate surface area is 75.5 Å². The smallest absolute Gasteiger partial charge is 0.332 e. The van der Waals surface area contributed by atoms with Crippen LogP contribution in [0.5, 0.6) is 0 Å². The summed E-state index contributed by atoms with van der Waals surface area (Å²) < 4.78 is 0. The Morgan fingerprint density at radius 1 is 1.77 bits per heavy atom. The molecule has 74 valence electrons. The van der Waals surface area contributed by atoms with E-state index in [9.17, 15) is 9.90 Å². The first-order chi connectivity index (χ1) is 5.90. The molecule has 13 heavy (non-hydrogen) atoms. The van der Waals surface area contributed by atoms with E-state index in [2.05, 4.69) is 0 Å². The first-order valence-corrected chi connectivity index (χ1v) is 3.93. The predicted octanol–water partition coefficient (Wildman–Crippen LogP) is -1.21. The SMILES string of the molecule is C[C@]1(C(=O)O)C(O)CCN1C(=N)N. The van der Waals surface area contributed by atoms with Gasteiger partial charge in [-0.1, -0.05) is 0 Å². The maximum Gasteiger partial charge on any atom is 0.332 e. The van der Waals surface area contributed by atoms with Crippen LogP contribution in [0.2, 0.25) is 0 Å². The van der Waals surface area contributed by atoms with E-state index in [1.807, 2.05) is 0 Å². The summed E-state index contributed by atoms with van der Waals surface area (Å²) in [6.45, 7) is 1.67. The number of rotatable bonds is 1. The summed E-state index contributed by atoms with van der Waals surface area (Å²) in [6.07, 6.45) is -0.656. The Morgan fingerprint density at radius 3 is 2.62 bits per heavy atom. The quantitative estimate of drug-likeness (QED) is 0.304. The number of nitrogens with one attached hydrogen (secondary N) is 1. The second-order valence-electron chi connectivity index (χ2n) is 3.29. The number of hydrogen-bond donors (Lipinski definition) is 4. The highest BCUT2D eigenvalue weighted by molar-refractivity contribution is 5.87. The number of nitrogens with two attached hydrogens (primary N) is 1. The minimum Gasteiger partial charge on any atom is -0.479 e. The first kappa shape index (κ1) is 9.79. The maximum absolute atomic E-state index is 10.9. The highest BCUT2D eigenvalue weighted by atomic mass is 16.4. The van der Waals surface area contributed by atoms with Gasteiger partial charge in [-0.05, 0) is 13.3 Å². The zero-order valence-corrected chi connectivity index (χ0v) is 7.32. The summed E-state index contributed by atoms with van der Waals surface area (Å²) in [5.41, 5.74) is 3.76. The number of nitrogens with zero attached hydrogens (tertiary/aromatic N) is 1. The fraction of sp³-hybridized carbons (Fsp3) is 0.714. The van der Waals surface area contributed by atoms with Gasteiger partial charge in [-0.25, -0.2) is 4.79 Å². The number of carbonyl (C=O) groups is 1. The van der Waals surface area contributed by atoms with Crippen molar-refractivity contribution in [3.8, 4) is 0 Å². The van der Waals surface area contributed by atoms with Gasteiger partial charge in [0, 0.05) is 6.54 Å². The van der Waals surface area contributed by atoms with Crippen molar-refractivity contribution < 1.29 is 15.0 Å². The summed E-state index contributed by atoms with van der Waals surface area (Å²) in [6, 6.07) is 0. The van der Waals surface area contributed by atoms with E-state index in [-0.39, 0.29) is 5.96 Å². The summed E-state index contributed by atoms with van der Waals surface area (Å²) in [5.74, 6) is -1.48. The molecule has 1 aliphatic heterocycles. The highest BCUT2D eigenvalue weighted by Crippen LogP contribution is 2.28. The third-order valence-corrected chi connectivity index (χ3v) is 2.56. The Bertz CT molecular complexity index is 255. The summed E-state index contributed by atoms with van der Waals surface area (Å²) >= 11 is 0. The van der Waals surface area contributed by atoms with Gasteiger partial charge in [-0.2, -0.15) is 0 Å². The van der Waals surface area contributed by atoms with Crippen LogP contribution in [0.25, 0.3) is 0 Å². The number of aliphatic hydroxyl groups excluding tert-OH is 1. The highest BCUT2D eigenvalue weighted by Gasteiger charge is 2.51. The van der Waals surface area contributed by atoms with Gasteiger partial charge < -0.3 is 20.8 Å². The monoisotopic (exact) mass is 187 g/mol. The molecule has 0 aromatic rings. The van der Waals surface area contributed by atoms with Crippen LogP contribution in [0.3, 0.4) is 0 Å². The number of carboxylic acid groups (broad SMARTS) is 1. The second kappa shape index (κ2) is 2.88. The summed E-state index contributed by atoms with van der Waals surface area (Å²) in [5, 5.41) is 25.5. The zero-order valence-electron chi connectivity index (χ0n) is 7.32. The molecule has 0 aromatic carbocycles. The zero-order chi connectivity index (χ0) is 10.2. The minimum absolute atomic E-state index is 0.305. The second-order valence-corrected chi connectivity index (χ2v) is 3.29. The Morgan fingerprint density at radius 2 is 2.31 bits per heavy atom. The van der Waals surface area contributed by atoms with E-state index in [0.29, 0.717) is 13.0 Å². The van der Waals surface area contributed by atoms with Crippen LogP contribution < -0.4 is 5.73 Å². The number of hydrogen-bond acceptors (Lipinski definition) is 3. The fourth-order valence-corrected chi connectivity index (χ4v) is 1.57. The van der Waals surface area contributed by atoms with Gasteiger partial charge in [0.05, 0.1) is 6.10 Å². The molecule has 5 N–H and O–H groups in total. The van der Waals surface area contributed by atoms with Crippen molar-refractivity contribution in [1.82, 2.24) is 4.90 Å². The maximum atomic E-state index is 10.9. The number of guanidine groups is 1. The third-order valence-electron chi connectivity index (χ3n) is 2.56. The molecule has 0 aromatic heterocycles. The topological polar surface area (TPSA) is 111 Å². The largest absolute Gasteiger partial charge is 0.479 e. The average Bonchev–Trinajstić information content (AvgIpc) is 2.30. The number of carboxylic acids is 1. The predicted molar refractivity (Wildman–Crippen MR) is 45.3 cm³/mol. The van der Waals surface area contributed by atoms with Gasteiger partial charge in [0.2, 0.25) is 0 Å². The lowest BCUT2D eigenvalue weighted by atomic mass is 9.96. The molecule has 0 radical (unpaired) electrons. The Balaban J connectivity index is 3.01. The van der Waals surface area contributed by atoms with Gasteiger partial charge in [-0.3, -0.25) is 5.41 Å². The van der Waals surface area contributed by atoms with Crippen LogP contribution in [-0.2, 0) is 4.79 Å². The molecule has 6 heteroatoms. The van der Waals surface area contributed by atoms with Crippen molar-refractivity contribution in [1.29, 1.82) is 5.41 Å². The average molecular weight is 187 g/mol. The van der Waals surface area contributed by atoms with Crippen molar-refractivity contribution in [3.63, 3.8) is 0 Å². The summed E-state index contributed by atoms with van der Waals surface area (Å²) in [7, 11) is 0. The lowest BCUT2D eigenvalue weighted by Gasteiger charge is -2.33. The van der Waals surface area contributed by atoms with Crippen LogP contribution >= 0.6 is 0 Å². The molecule has 0 aliphatic carbocycles. The molecule has 1 heterocycles. The molecule has 1 unspecified atom stereocenters. The first-order valence-electron chi connectivity index (χ1n) is 3.93. The molecule has 1 saturated heterocycles. The Hall–Kier alpha value is -1.30. The van der Waals surface area contributed by atoms with E-state index >= 15 is 0 Å². The summed E-state index contributed by atoms with van der Waals surface area (Å²) in [4.78, 5) is 12.1. The van der Waals surface area contributed by atoms with Crippen LogP contribution in [0.4, 0.5) is 0 Å². The van der Waals surface area contributed by atoms with Crippen LogP contribution in [0.15, 0.2) is 0 Å². The molecule has 2 atom stereocenters. The van der Waals surface area contributed by atoms with Gasteiger partial charge in [-0.15, -0.1) is 0 Å². The minimum atomic E-state index is -1.45. The number of aliphatic carboxylic acids is 1.